The Morgan fingerprint density at radius 2 is 1.57 bits per heavy atom. The van der Waals surface area contributed by atoms with Crippen LogP contribution in [0.1, 0.15) is 21.2 Å². The molecule has 3 aromatic carbocycles. The first-order valence-corrected chi connectivity index (χ1v) is 12.1. The molecule has 28 heavy (non-hydrogen) atoms. The molecule has 2 unspecified atom stereocenters. The lowest BCUT2D eigenvalue weighted by Gasteiger charge is -2.08. The number of hydrogen-bond donors (Lipinski definition) is 0. The molecule has 142 valence electrons. The van der Waals surface area contributed by atoms with Gasteiger partial charge in [0, 0.05) is 16.7 Å². The van der Waals surface area contributed by atoms with Crippen LogP contribution in [0.4, 0.5) is 0 Å². The molecule has 4 aromatic rings. The minimum atomic E-state index is 0.439. The zero-order valence-electron chi connectivity index (χ0n) is 15.2. The van der Waals surface area contributed by atoms with Crippen molar-refractivity contribution in [2.24, 2.45) is 0 Å². The fourth-order valence-corrected chi connectivity index (χ4v) is 5.14. The van der Waals surface area contributed by atoms with Gasteiger partial charge in [-0.05, 0) is 23.3 Å². The van der Waals surface area contributed by atoms with Gasteiger partial charge < -0.3 is 4.57 Å². The van der Waals surface area contributed by atoms with E-state index in [1.165, 1.54) is 16.6 Å². The predicted molar refractivity (Wildman–Crippen MR) is 127 cm³/mol. The van der Waals surface area contributed by atoms with Crippen LogP contribution in [0, 0.1) is 0 Å². The fraction of sp³-hybridized carbons (Fsp3) is 0.174. The lowest BCUT2D eigenvalue weighted by molar-refractivity contribution is 0.683. The van der Waals surface area contributed by atoms with Crippen LogP contribution in [0.5, 0.6) is 0 Å². The van der Waals surface area contributed by atoms with Crippen molar-refractivity contribution in [1.29, 1.82) is 0 Å². The lowest BCUT2D eigenvalue weighted by atomic mass is 10.1. The quantitative estimate of drug-likeness (QED) is 0.264. The number of para-hydroxylation sites is 2. The summed E-state index contributed by atoms with van der Waals surface area (Å²) < 4.78 is 2.33. The van der Waals surface area contributed by atoms with E-state index in [1.54, 1.807) is 0 Å². The molecule has 2 atom stereocenters. The average molecular weight is 516 g/mol. The Hall–Kier alpha value is -1.56. The molecule has 0 saturated carbocycles. The molecule has 5 rings (SSSR count). The maximum Gasteiger partial charge on any atom is 0.169 e. The highest BCUT2D eigenvalue weighted by Crippen LogP contribution is 2.43. The lowest BCUT2D eigenvalue weighted by Crippen LogP contribution is -1.98. The summed E-state index contributed by atoms with van der Waals surface area (Å²) in [4.78, 5) is 5.13. The molecule has 0 spiro atoms. The number of benzene rings is 3. The van der Waals surface area contributed by atoms with Crippen LogP contribution in [-0.4, -0.2) is 14.9 Å². The van der Waals surface area contributed by atoms with E-state index < -0.39 is 0 Å². The summed E-state index contributed by atoms with van der Waals surface area (Å²) in [5.74, 6) is 0. The van der Waals surface area contributed by atoms with Crippen LogP contribution in [0.15, 0.2) is 90.1 Å². The topological polar surface area (TPSA) is 17.8 Å². The number of alkyl halides is 2. The highest BCUT2D eigenvalue weighted by Gasteiger charge is 2.26. The van der Waals surface area contributed by atoms with Gasteiger partial charge in [-0.2, -0.15) is 0 Å². The van der Waals surface area contributed by atoms with Crippen molar-refractivity contribution in [1.82, 2.24) is 9.55 Å². The zero-order valence-corrected chi connectivity index (χ0v) is 19.2. The molecule has 1 aliphatic rings. The number of thioether (sulfide) groups is 1. The van der Waals surface area contributed by atoms with Crippen molar-refractivity contribution in [3.05, 3.63) is 96.1 Å². The molecule has 0 aliphatic carbocycles. The number of imidazole rings is 1. The molecular weight excluding hydrogens is 496 g/mol. The third-order valence-corrected chi connectivity index (χ3v) is 8.28. The predicted octanol–water partition coefficient (Wildman–Crippen LogP) is 7.40. The molecule has 0 radical (unpaired) electrons. The summed E-state index contributed by atoms with van der Waals surface area (Å²) >= 11 is 8.81. The first-order chi connectivity index (χ1) is 13.8. The minimum absolute atomic E-state index is 0.439. The normalized spacial score (nSPS) is 16.3. The van der Waals surface area contributed by atoms with Crippen LogP contribution in [-0.2, 0) is 6.54 Å². The summed E-state index contributed by atoms with van der Waals surface area (Å²) in [5, 5.41) is 2.60. The van der Waals surface area contributed by atoms with Gasteiger partial charge in [-0.15, -0.1) is 0 Å². The average Bonchev–Trinajstić information content (AvgIpc) is 3.33. The number of rotatable bonds is 3. The molecular formula is C23H20Br2N2S. The van der Waals surface area contributed by atoms with Crippen LogP contribution >= 0.6 is 43.6 Å². The summed E-state index contributed by atoms with van der Waals surface area (Å²) in [6.07, 6.45) is 0. The number of aromatic nitrogens is 2. The second kappa shape index (κ2) is 9.29. The summed E-state index contributed by atoms with van der Waals surface area (Å²) in [7, 11) is 0. The third kappa shape index (κ3) is 4.37. The highest BCUT2D eigenvalue weighted by atomic mass is 79.9. The van der Waals surface area contributed by atoms with E-state index in [-0.39, 0.29) is 0 Å². The van der Waals surface area contributed by atoms with Gasteiger partial charge in [0.1, 0.15) is 0 Å². The molecule has 2 heterocycles. The maximum atomic E-state index is 4.69. The summed E-state index contributed by atoms with van der Waals surface area (Å²) in [5.41, 5.74) is 5.06. The zero-order chi connectivity index (χ0) is 19.3. The Morgan fingerprint density at radius 1 is 0.929 bits per heavy atom. The minimum Gasteiger partial charge on any atom is -0.317 e. The van der Waals surface area contributed by atoms with Crippen molar-refractivity contribution in [3.8, 4) is 0 Å². The molecule has 0 saturated heterocycles. The second-order valence-corrected chi connectivity index (χ2v) is 9.47. The number of nitrogens with zero attached hydrogens (tertiary/aromatic N) is 2. The van der Waals surface area contributed by atoms with Gasteiger partial charge in [-0.25, -0.2) is 4.98 Å². The smallest absolute Gasteiger partial charge is 0.169 e. The van der Waals surface area contributed by atoms with E-state index in [9.17, 15) is 0 Å². The number of hydrogen-bond acceptors (Lipinski definition) is 2. The van der Waals surface area contributed by atoms with Crippen molar-refractivity contribution in [2.45, 2.75) is 21.8 Å². The van der Waals surface area contributed by atoms with Crippen molar-refractivity contribution >= 4 is 54.7 Å². The Morgan fingerprint density at radius 3 is 2.29 bits per heavy atom. The first-order valence-electron chi connectivity index (χ1n) is 9.18. The Bertz CT molecular complexity index is 1030. The molecule has 0 fully saturated rings. The maximum absolute atomic E-state index is 4.69. The molecule has 0 amide bonds. The van der Waals surface area contributed by atoms with Crippen LogP contribution in [0.3, 0.4) is 0 Å². The number of fused-ring (bicyclic) bond motifs is 3. The van der Waals surface area contributed by atoms with Crippen LogP contribution < -0.4 is 0 Å². The van der Waals surface area contributed by atoms with E-state index in [0.29, 0.717) is 10.1 Å². The van der Waals surface area contributed by atoms with Gasteiger partial charge in [0.25, 0.3) is 0 Å². The molecule has 1 aliphatic heterocycles. The van der Waals surface area contributed by atoms with Crippen molar-refractivity contribution < 1.29 is 0 Å². The standard InChI is InChI=1S/C15H12N2S.C8H8Br2/c1-2-6-11(7-3-1)14-10-17-13-9-5-4-8-12(13)16-15(17)18-14;9-6-8(10)7-4-2-1-3-5-7/h1-9,14H,10H2;1-5,8H,6H2. The molecule has 2 nitrogen and oxygen atoms in total. The molecule has 0 N–H and O–H groups in total. The van der Waals surface area contributed by atoms with Gasteiger partial charge in [0.2, 0.25) is 0 Å². The Kier molecular flexibility index (Phi) is 6.55. The van der Waals surface area contributed by atoms with Crippen molar-refractivity contribution in [2.75, 3.05) is 5.33 Å². The summed E-state index contributed by atoms with van der Waals surface area (Å²) in [6.45, 7) is 1.02. The number of halogens is 2. The van der Waals surface area contributed by atoms with E-state index in [2.05, 4.69) is 97.1 Å². The van der Waals surface area contributed by atoms with Gasteiger partial charge in [0.15, 0.2) is 5.16 Å². The van der Waals surface area contributed by atoms with Gasteiger partial charge >= 0.3 is 0 Å². The Balaban J connectivity index is 0.000000165. The monoisotopic (exact) mass is 514 g/mol. The molecule has 0 bridgehead atoms. The van der Waals surface area contributed by atoms with E-state index in [4.69, 9.17) is 4.98 Å². The summed E-state index contributed by atoms with van der Waals surface area (Å²) in [6, 6.07) is 29.4. The molecule has 5 heteroatoms. The van der Waals surface area contributed by atoms with Crippen LogP contribution in [0.2, 0.25) is 0 Å². The largest absolute Gasteiger partial charge is 0.317 e. The molecule has 1 aromatic heterocycles. The third-order valence-electron chi connectivity index (χ3n) is 4.68. The van der Waals surface area contributed by atoms with E-state index in [1.807, 2.05) is 36.0 Å². The van der Waals surface area contributed by atoms with E-state index in [0.717, 1.165) is 22.5 Å². The van der Waals surface area contributed by atoms with E-state index >= 15 is 0 Å². The highest BCUT2D eigenvalue weighted by molar-refractivity contribution is 9.12. The van der Waals surface area contributed by atoms with Gasteiger partial charge in [-0.1, -0.05) is 116 Å². The van der Waals surface area contributed by atoms with Crippen molar-refractivity contribution in [3.63, 3.8) is 0 Å². The second-order valence-electron chi connectivity index (χ2n) is 6.54. The van der Waals surface area contributed by atoms with Gasteiger partial charge in [-0.3, -0.25) is 0 Å². The fourth-order valence-electron chi connectivity index (χ4n) is 3.24. The van der Waals surface area contributed by atoms with Crippen LogP contribution in [0.25, 0.3) is 11.0 Å². The Labute approximate surface area is 186 Å². The first kappa shape index (κ1) is 19.7. The van der Waals surface area contributed by atoms with Gasteiger partial charge in [0.05, 0.1) is 16.3 Å². The SMILES string of the molecule is BrCC(Br)c1ccccc1.c1ccc(C2Cn3c(nc4ccccc43)S2)cc1.